The predicted octanol–water partition coefficient (Wildman–Crippen LogP) is 1.28. The fraction of sp³-hybridized carbons (Fsp3) is 0.250. The molecule has 0 aliphatic rings. The van der Waals surface area contributed by atoms with E-state index in [1.807, 2.05) is 0 Å². The van der Waals surface area contributed by atoms with Crippen LogP contribution in [0.25, 0.3) is 0 Å². The Morgan fingerprint density at radius 1 is 1.50 bits per heavy atom. The highest BCUT2D eigenvalue weighted by atomic mass is 32.1. The van der Waals surface area contributed by atoms with E-state index in [-0.39, 0.29) is 5.69 Å². The van der Waals surface area contributed by atoms with Gasteiger partial charge in [0.15, 0.2) is 5.56 Å². The molecule has 0 amide bonds. The van der Waals surface area contributed by atoms with Gasteiger partial charge < -0.3 is 4.74 Å². The third kappa shape index (κ3) is 3.33. The maximum Gasteiger partial charge on any atom is 0.269 e. The zero-order valence-corrected chi connectivity index (χ0v) is 8.18. The molecule has 1 aromatic rings. The smallest absolute Gasteiger partial charge is 0.269 e. The molecule has 1 aromatic carbocycles. The molecule has 2 N–H and O–H groups in total. The van der Waals surface area contributed by atoms with Gasteiger partial charge in [-0.25, -0.2) is 0 Å². The SMILES string of the molecule is N[C@@H](S)OCc1ccc([N+](=O)[O-])cc1. The molecule has 0 radical (unpaired) electrons. The summed E-state index contributed by atoms with van der Waals surface area (Å²) in [5.41, 5.74) is 5.50. The van der Waals surface area contributed by atoms with E-state index in [0.717, 1.165) is 5.56 Å². The quantitative estimate of drug-likeness (QED) is 0.342. The summed E-state index contributed by atoms with van der Waals surface area (Å²) in [6, 6.07) is 6.08. The Bertz CT molecular complexity index is 313. The number of nitrogens with zero attached hydrogens (tertiary/aromatic N) is 1. The molecule has 0 saturated carbocycles. The minimum absolute atomic E-state index is 0.0592. The van der Waals surface area contributed by atoms with Crippen LogP contribution < -0.4 is 5.73 Å². The second kappa shape index (κ2) is 4.94. The van der Waals surface area contributed by atoms with Crippen molar-refractivity contribution < 1.29 is 9.66 Å². The zero-order chi connectivity index (χ0) is 10.6. The number of rotatable bonds is 4. The molecule has 0 bridgehead atoms. The molecule has 0 fully saturated rings. The minimum atomic E-state index is -0.634. The van der Waals surface area contributed by atoms with Crippen molar-refractivity contribution in [3.63, 3.8) is 0 Å². The molecule has 1 rings (SSSR count). The maximum absolute atomic E-state index is 10.3. The molecule has 0 aliphatic carbocycles. The van der Waals surface area contributed by atoms with Crippen molar-refractivity contribution >= 4 is 18.3 Å². The van der Waals surface area contributed by atoms with Crippen molar-refractivity contribution in [2.24, 2.45) is 5.73 Å². The molecular weight excluding hydrogens is 204 g/mol. The summed E-state index contributed by atoms with van der Waals surface area (Å²) in [7, 11) is 0. The van der Waals surface area contributed by atoms with E-state index >= 15 is 0 Å². The molecule has 1 atom stereocenters. The number of ether oxygens (including phenoxy) is 1. The highest BCUT2D eigenvalue weighted by Gasteiger charge is 2.04. The van der Waals surface area contributed by atoms with Crippen LogP contribution in [0, 0.1) is 10.1 Å². The van der Waals surface area contributed by atoms with Gasteiger partial charge in [0.2, 0.25) is 0 Å². The van der Waals surface area contributed by atoms with Gasteiger partial charge in [-0.1, -0.05) is 0 Å². The van der Waals surface area contributed by atoms with Gasteiger partial charge in [-0.05, 0) is 17.7 Å². The second-order valence-electron chi connectivity index (χ2n) is 2.63. The summed E-state index contributed by atoms with van der Waals surface area (Å²) in [6.45, 7) is 0.294. The second-order valence-corrected chi connectivity index (χ2v) is 3.13. The fourth-order valence-corrected chi connectivity index (χ4v) is 0.970. The van der Waals surface area contributed by atoms with Crippen molar-refractivity contribution in [1.82, 2.24) is 0 Å². The van der Waals surface area contributed by atoms with Crippen molar-refractivity contribution in [2.45, 2.75) is 12.2 Å². The number of hydrogen-bond donors (Lipinski definition) is 2. The van der Waals surface area contributed by atoms with E-state index in [9.17, 15) is 10.1 Å². The van der Waals surface area contributed by atoms with E-state index < -0.39 is 10.5 Å². The maximum atomic E-state index is 10.3. The lowest BCUT2D eigenvalue weighted by molar-refractivity contribution is -0.384. The number of hydrogen-bond acceptors (Lipinski definition) is 5. The lowest BCUT2D eigenvalue weighted by atomic mass is 10.2. The van der Waals surface area contributed by atoms with Crippen LogP contribution in [0.15, 0.2) is 24.3 Å². The standard InChI is InChI=1S/C8H10N2O3S/c9-8(14)13-5-6-1-3-7(4-2-6)10(11)12/h1-4,8,14H,5,9H2/t8-/m1/s1. The van der Waals surface area contributed by atoms with E-state index in [1.54, 1.807) is 12.1 Å². The van der Waals surface area contributed by atoms with Gasteiger partial charge in [0.05, 0.1) is 11.5 Å². The van der Waals surface area contributed by atoms with Gasteiger partial charge in [0, 0.05) is 12.1 Å². The first kappa shape index (κ1) is 11.0. The van der Waals surface area contributed by atoms with Crippen molar-refractivity contribution in [3.05, 3.63) is 39.9 Å². The molecule has 0 aliphatic heterocycles. The first-order valence-electron chi connectivity index (χ1n) is 3.88. The van der Waals surface area contributed by atoms with E-state index in [2.05, 4.69) is 12.6 Å². The topological polar surface area (TPSA) is 78.4 Å². The molecule has 76 valence electrons. The van der Waals surface area contributed by atoms with Gasteiger partial charge in [-0.3, -0.25) is 15.8 Å². The Hall–Kier alpha value is -1.11. The first-order chi connectivity index (χ1) is 6.59. The number of nitro groups is 1. The molecule has 14 heavy (non-hydrogen) atoms. The molecule has 0 heterocycles. The number of non-ortho nitro benzene ring substituents is 1. The van der Waals surface area contributed by atoms with E-state index in [1.165, 1.54) is 12.1 Å². The van der Waals surface area contributed by atoms with Crippen LogP contribution in [-0.2, 0) is 11.3 Å². The average Bonchev–Trinajstić information content (AvgIpc) is 2.15. The normalized spacial score (nSPS) is 12.4. The van der Waals surface area contributed by atoms with Gasteiger partial charge in [-0.15, -0.1) is 12.6 Å². The summed E-state index contributed by atoms with van der Waals surface area (Å²) >= 11 is 3.83. The van der Waals surface area contributed by atoms with Gasteiger partial charge in [-0.2, -0.15) is 0 Å². The Labute approximate surface area is 86.4 Å². The van der Waals surface area contributed by atoms with E-state index in [4.69, 9.17) is 10.5 Å². The summed E-state index contributed by atoms with van der Waals surface area (Å²) in [4.78, 5) is 9.87. The van der Waals surface area contributed by atoms with Crippen molar-refractivity contribution in [2.75, 3.05) is 0 Å². The molecule has 0 saturated heterocycles. The van der Waals surface area contributed by atoms with Crippen LogP contribution in [0.4, 0.5) is 5.69 Å². The van der Waals surface area contributed by atoms with Crippen LogP contribution in [0.3, 0.4) is 0 Å². The Morgan fingerprint density at radius 3 is 2.50 bits per heavy atom. The highest BCUT2D eigenvalue weighted by molar-refractivity contribution is 7.80. The third-order valence-electron chi connectivity index (χ3n) is 1.57. The summed E-state index contributed by atoms with van der Waals surface area (Å²) < 4.78 is 5.00. The summed E-state index contributed by atoms with van der Waals surface area (Å²) in [6.07, 6.45) is 0. The Balaban J connectivity index is 2.60. The zero-order valence-electron chi connectivity index (χ0n) is 7.29. The predicted molar refractivity (Wildman–Crippen MR) is 54.8 cm³/mol. The number of thiol groups is 1. The van der Waals surface area contributed by atoms with Gasteiger partial charge >= 0.3 is 0 Å². The monoisotopic (exact) mass is 214 g/mol. The molecule has 0 unspecified atom stereocenters. The summed E-state index contributed by atoms with van der Waals surface area (Å²) in [5, 5.41) is 10.3. The highest BCUT2D eigenvalue weighted by Crippen LogP contribution is 2.12. The average molecular weight is 214 g/mol. The molecule has 0 spiro atoms. The van der Waals surface area contributed by atoms with Crippen molar-refractivity contribution in [1.29, 1.82) is 0 Å². The molecular formula is C8H10N2O3S. The number of nitro benzene ring substituents is 1. The Kier molecular flexibility index (Phi) is 3.87. The first-order valence-corrected chi connectivity index (χ1v) is 4.40. The molecule has 5 nitrogen and oxygen atoms in total. The Morgan fingerprint density at radius 2 is 2.07 bits per heavy atom. The largest absolute Gasteiger partial charge is 0.350 e. The van der Waals surface area contributed by atoms with Crippen LogP contribution in [0.5, 0.6) is 0 Å². The lowest BCUT2D eigenvalue weighted by Crippen LogP contribution is -2.15. The van der Waals surface area contributed by atoms with Gasteiger partial charge in [0.1, 0.15) is 0 Å². The van der Waals surface area contributed by atoms with Crippen molar-refractivity contribution in [3.8, 4) is 0 Å². The van der Waals surface area contributed by atoms with E-state index in [0.29, 0.717) is 6.61 Å². The van der Waals surface area contributed by atoms with Crippen LogP contribution in [0.1, 0.15) is 5.56 Å². The fourth-order valence-electron chi connectivity index (χ4n) is 0.895. The minimum Gasteiger partial charge on any atom is -0.350 e. The lowest BCUT2D eigenvalue weighted by Gasteiger charge is -2.05. The van der Waals surface area contributed by atoms with Gasteiger partial charge in [0.25, 0.3) is 5.69 Å². The van der Waals surface area contributed by atoms with Crippen LogP contribution in [-0.4, -0.2) is 10.5 Å². The number of benzene rings is 1. The van der Waals surface area contributed by atoms with Crippen LogP contribution in [0.2, 0.25) is 0 Å². The summed E-state index contributed by atoms with van der Waals surface area (Å²) in [5.74, 6) is 0. The molecule has 0 aromatic heterocycles. The molecule has 6 heteroatoms. The van der Waals surface area contributed by atoms with Crippen LogP contribution >= 0.6 is 12.6 Å². The third-order valence-corrected chi connectivity index (χ3v) is 1.72. The number of nitrogens with two attached hydrogens (primary N) is 1.